The molecule has 0 unspecified atom stereocenters. The molecule has 6 nitrogen and oxygen atoms in total. The molecule has 0 fully saturated rings. The summed E-state index contributed by atoms with van der Waals surface area (Å²) >= 11 is 0. The first-order valence-corrected chi connectivity index (χ1v) is 7.32. The van der Waals surface area contributed by atoms with Crippen LogP contribution in [0.5, 0.6) is 0 Å². The molecular weight excluding hydrogens is 413 g/mol. The maximum atomic E-state index is 10.6. The van der Waals surface area contributed by atoms with Crippen molar-refractivity contribution in [1.82, 2.24) is 0 Å². The molecule has 26 heavy (non-hydrogen) atoms. The van der Waals surface area contributed by atoms with E-state index in [4.69, 9.17) is 13.3 Å². The largest absolute Gasteiger partial charge is 0.493 e. The molecule has 0 bridgehead atoms. The van der Waals surface area contributed by atoms with E-state index < -0.39 is 0 Å². The maximum Gasteiger partial charge on any atom is 0.194 e. The standard InChI is InChI=1S/C7H8O2.C6H5O2.C6H6O2.Y/c1-5-3-4-7(9-5)6(2)8;1-5-2-3-6(4-7)8-5;1-5(7)6-3-2-4-8-6;/h3-4H,1-2H3;2-4H,1H2;2-4H,1H3;/q;-1;;. The Bertz CT molecular complexity index is 811. The number of furan rings is 3. The van der Waals surface area contributed by atoms with Crippen LogP contribution in [0.2, 0.25) is 0 Å². The smallest absolute Gasteiger partial charge is 0.194 e. The summed E-state index contributed by atoms with van der Waals surface area (Å²) in [6.07, 6.45) is 2.13. The summed E-state index contributed by atoms with van der Waals surface area (Å²) in [6, 6.07) is 10.0. The van der Waals surface area contributed by atoms with Crippen molar-refractivity contribution in [2.75, 3.05) is 0 Å². The molecule has 0 saturated carbocycles. The van der Waals surface area contributed by atoms with Crippen molar-refractivity contribution >= 4 is 17.9 Å². The van der Waals surface area contributed by atoms with Crippen LogP contribution in [-0.4, -0.2) is 17.9 Å². The van der Waals surface area contributed by atoms with Gasteiger partial charge in [-0.15, -0.1) is 0 Å². The van der Waals surface area contributed by atoms with Crippen LogP contribution in [0.4, 0.5) is 0 Å². The topological polar surface area (TPSA) is 90.6 Å². The van der Waals surface area contributed by atoms with Gasteiger partial charge in [0, 0.05) is 46.6 Å². The van der Waals surface area contributed by atoms with Crippen molar-refractivity contribution in [2.45, 2.75) is 20.8 Å². The fraction of sp³-hybridized carbons (Fsp3) is 0.158. The van der Waals surface area contributed by atoms with Gasteiger partial charge in [-0.25, -0.2) is 6.92 Å². The third kappa shape index (κ3) is 8.78. The Hall–Kier alpha value is -2.18. The number of hydrogen-bond donors (Lipinski definition) is 0. The van der Waals surface area contributed by atoms with E-state index in [1.807, 2.05) is 6.92 Å². The zero-order chi connectivity index (χ0) is 18.8. The SMILES string of the molecule is CC(=O)c1ccc(C)o1.CC(=O)c1ccco1.[CH2-]c1ccc(C=O)o1.[Y]. The molecule has 1 radical (unpaired) electrons. The Balaban J connectivity index is 0.000000355. The fourth-order valence-electron chi connectivity index (χ4n) is 1.56. The zero-order valence-corrected chi connectivity index (χ0v) is 17.7. The Morgan fingerprint density at radius 2 is 1.62 bits per heavy atom. The van der Waals surface area contributed by atoms with E-state index in [1.165, 1.54) is 20.1 Å². The molecule has 3 aromatic heterocycles. The number of aldehydes is 1. The summed E-state index contributed by atoms with van der Waals surface area (Å²) in [5.74, 6) is 2.43. The van der Waals surface area contributed by atoms with Gasteiger partial charge in [0.2, 0.25) is 0 Å². The fourth-order valence-corrected chi connectivity index (χ4v) is 1.56. The van der Waals surface area contributed by atoms with E-state index in [9.17, 15) is 14.4 Å². The van der Waals surface area contributed by atoms with E-state index in [0.29, 0.717) is 29.3 Å². The first-order valence-electron chi connectivity index (χ1n) is 7.32. The van der Waals surface area contributed by atoms with E-state index in [-0.39, 0.29) is 44.3 Å². The summed E-state index contributed by atoms with van der Waals surface area (Å²) in [7, 11) is 0. The second-order valence-electron chi connectivity index (χ2n) is 4.92. The number of ketones is 2. The van der Waals surface area contributed by atoms with Gasteiger partial charge in [0.15, 0.2) is 29.4 Å². The molecule has 0 aliphatic heterocycles. The molecule has 0 atom stereocenters. The molecule has 0 aliphatic rings. The molecule has 0 spiro atoms. The number of hydrogen-bond acceptors (Lipinski definition) is 6. The predicted octanol–water partition coefficient (Wildman–Crippen LogP) is 4.54. The van der Waals surface area contributed by atoms with Crippen LogP contribution in [0.3, 0.4) is 0 Å². The zero-order valence-electron chi connectivity index (χ0n) is 14.9. The molecule has 7 heteroatoms. The van der Waals surface area contributed by atoms with E-state index >= 15 is 0 Å². The minimum atomic E-state index is -0.0324. The summed E-state index contributed by atoms with van der Waals surface area (Å²) in [6.45, 7) is 8.23. The van der Waals surface area contributed by atoms with Crippen LogP contribution in [0.1, 0.15) is 57.0 Å². The molecule has 0 amide bonds. The average molecular weight is 432 g/mol. The van der Waals surface area contributed by atoms with Crippen molar-refractivity contribution in [2.24, 2.45) is 0 Å². The van der Waals surface area contributed by atoms with Crippen LogP contribution >= 0.6 is 0 Å². The number of rotatable bonds is 3. The Morgan fingerprint density at radius 3 is 1.85 bits per heavy atom. The molecular formula is C19H19O6Y-. The molecule has 0 aliphatic carbocycles. The van der Waals surface area contributed by atoms with Crippen LogP contribution in [0.15, 0.2) is 55.9 Å². The van der Waals surface area contributed by atoms with Crippen molar-refractivity contribution in [3.8, 4) is 0 Å². The molecule has 3 heterocycles. The Kier molecular flexibility index (Phi) is 11.2. The van der Waals surface area contributed by atoms with Gasteiger partial charge in [0.25, 0.3) is 0 Å². The van der Waals surface area contributed by atoms with Crippen LogP contribution in [0, 0.1) is 13.8 Å². The molecule has 0 N–H and O–H groups in total. The van der Waals surface area contributed by atoms with Gasteiger partial charge < -0.3 is 13.3 Å². The van der Waals surface area contributed by atoms with Gasteiger partial charge in [-0.2, -0.15) is 6.07 Å². The quantitative estimate of drug-likeness (QED) is 0.343. The van der Waals surface area contributed by atoms with Crippen molar-refractivity contribution in [3.05, 3.63) is 78.4 Å². The third-order valence-electron chi connectivity index (χ3n) is 2.75. The normalized spacial score (nSPS) is 8.88. The van der Waals surface area contributed by atoms with E-state index in [2.05, 4.69) is 6.92 Å². The summed E-state index contributed by atoms with van der Waals surface area (Å²) in [5.41, 5.74) is 0. The number of aryl methyl sites for hydroxylation is 1. The predicted molar refractivity (Wildman–Crippen MR) is 90.7 cm³/mol. The Morgan fingerprint density at radius 1 is 0.962 bits per heavy atom. The first-order chi connectivity index (χ1) is 11.8. The number of carbonyl (C=O) groups is 3. The van der Waals surface area contributed by atoms with Crippen molar-refractivity contribution in [3.63, 3.8) is 0 Å². The summed E-state index contributed by atoms with van der Waals surface area (Å²) in [4.78, 5) is 30.9. The minimum Gasteiger partial charge on any atom is -0.493 e. The van der Waals surface area contributed by atoms with E-state index in [0.717, 1.165) is 5.76 Å². The maximum absolute atomic E-state index is 10.6. The molecule has 3 rings (SSSR count). The van der Waals surface area contributed by atoms with Gasteiger partial charge in [-0.3, -0.25) is 14.4 Å². The Labute approximate surface area is 176 Å². The van der Waals surface area contributed by atoms with Crippen LogP contribution in [-0.2, 0) is 32.7 Å². The minimum absolute atomic E-state index is 0. The van der Waals surface area contributed by atoms with Crippen molar-refractivity contribution in [1.29, 1.82) is 0 Å². The summed E-state index contributed by atoms with van der Waals surface area (Å²) < 4.78 is 14.5. The van der Waals surface area contributed by atoms with Gasteiger partial charge in [-0.05, 0) is 36.9 Å². The first kappa shape index (κ1) is 23.8. The number of Topliss-reactive ketones (excluding diaryl/α,β-unsaturated/α-hetero) is 2. The number of carbonyl (C=O) groups excluding carboxylic acids is 3. The average Bonchev–Trinajstić information content (AvgIpc) is 3.29. The second-order valence-corrected chi connectivity index (χ2v) is 4.92. The summed E-state index contributed by atoms with van der Waals surface area (Å²) in [5, 5.41) is 0. The molecule has 3 aromatic rings. The van der Waals surface area contributed by atoms with Crippen LogP contribution < -0.4 is 0 Å². The third-order valence-corrected chi connectivity index (χ3v) is 2.75. The molecule has 0 saturated heterocycles. The van der Waals surface area contributed by atoms with E-state index in [1.54, 1.807) is 36.4 Å². The van der Waals surface area contributed by atoms with Gasteiger partial charge >= 0.3 is 0 Å². The van der Waals surface area contributed by atoms with Gasteiger partial charge in [0.05, 0.1) is 6.26 Å². The van der Waals surface area contributed by atoms with Crippen LogP contribution in [0.25, 0.3) is 0 Å². The van der Waals surface area contributed by atoms with Gasteiger partial charge in [-0.1, -0.05) is 6.07 Å². The molecule has 0 aromatic carbocycles. The van der Waals surface area contributed by atoms with Gasteiger partial charge in [0.1, 0.15) is 11.5 Å². The molecule has 135 valence electrons. The van der Waals surface area contributed by atoms with Crippen molar-refractivity contribution < 1.29 is 60.3 Å². The second kappa shape index (κ2) is 12.2. The monoisotopic (exact) mass is 432 g/mol.